The smallest absolute Gasteiger partial charge is 0.412 e. The van der Waals surface area contributed by atoms with E-state index >= 15 is 0 Å². The monoisotopic (exact) mass is 670 g/mol. The number of methoxy groups -OCH3 is 1. The maximum Gasteiger partial charge on any atom is 0.412 e. The van der Waals surface area contributed by atoms with E-state index in [9.17, 15) is 9.59 Å². The van der Waals surface area contributed by atoms with Crippen molar-refractivity contribution in [3.63, 3.8) is 0 Å². The third-order valence-corrected chi connectivity index (χ3v) is 6.12. The van der Waals surface area contributed by atoms with E-state index < -0.39 is 12.1 Å². The Morgan fingerprint density at radius 2 is 1.30 bits per heavy atom. The molecule has 0 fully saturated rings. The Balaban J connectivity index is 2.20. The number of carbonyl (C=O) groups excluding carboxylic acids is 2. The van der Waals surface area contributed by atoms with E-state index in [1.165, 1.54) is 4.90 Å². The number of nitrogens with zero attached hydrogens (tertiary/aromatic N) is 1. The lowest BCUT2D eigenvalue weighted by Gasteiger charge is -2.22. The third-order valence-electron chi connectivity index (χ3n) is 6.12. The molecule has 0 aliphatic carbocycles. The van der Waals surface area contributed by atoms with Gasteiger partial charge in [0.05, 0.1) is 98.5 Å². The standard InChI is InChI=1S/C33H56N3O11/c1-5-6-28(2)25-46-27-36(33(38)47-26-30-7-9-31(10-8-30)35-32(37)29(3)34)11-12-40-15-16-42-19-20-44-23-24-45-22-21-43-18-17-41-14-13-39-4/h6-10,29H,1,5,11-27,34H2,2-4H3,(H,35,37)/b28-6+/t29-/m0/s1. The maximum atomic E-state index is 12.8. The number of anilines is 1. The van der Waals surface area contributed by atoms with Crippen LogP contribution < -0.4 is 11.1 Å². The van der Waals surface area contributed by atoms with Crippen LogP contribution in [0.1, 0.15) is 25.8 Å². The molecule has 0 spiro atoms. The highest BCUT2D eigenvalue weighted by Crippen LogP contribution is 2.12. The Bertz CT molecular complexity index is 948. The number of hydrogen-bond acceptors (Lipinski definition) is 12. The van der Waals surface area contributed by atoms with Crippen LogP contribution in [0, 0.1) is 6.92 Å². The van der Waals surface area contributed by atoms with Gasteiger partial charge in [-0.1, -0.05) is 23.8 Å². The highest BCUT2D eigenvalue weighted by Gasteiger charge is 2.16. The van der Waals surface area contributed by atoms with Gasteiger partial charge < -0.3 is 53.7 Å². The van der Waals surface area contributed by atoms with Crippen LogP contribution in [0.4, 0.5) is 10.5 Å². The molecule has 1 atom stereocenters. The van der Waals surface area contributed by atoms with Crippen LogP contribution in [0.5, 0.6) is 0 Å². The van der Waals surface area contributed by atoms with Crippen molar-refractivity contribution in [3.05, 3.63) is 48.4 Å². The highest BCUT2D eigenvalue weighted by atomic mass is 16.6. The number of carbonyl (C=O) groups is 2. The molecule has 0 saturated carbocycles. The summed E-state index contributed by atoms with van der Waals surface area (Å²) in [5, 5.41) is 2.71. The molecule has 47 heavy (non-hydrogen) atoms. The molecule has 269 valence electrons. The summed E-state index contributed by atoms with van der Waals surface area (Å²) in [6, 6.07) is 6.36. The minimum absolute atomic E-state index is 0.0433. The zero-order valence-electron chi connectivity index (χ0n) is 28.4. The largest absolute Gasteiger partial charge is 0.444 e. The maximum absolute atomic E-state index is 12.8. The molecule has 14 nitrogen and oxygen atoms in total. The van der Waals surface area contributed by atoms with Gasteiger partial charge in [0.25, 0.3) is 0 Å². The van der Waals surface area contributed by atoms with E-state index in [0.717, 1.165) is 11.1 Å². The minimum atomic E-state index is -0.616. The van der Waals surface area contributed by atoms with Gasteiger partial charge in [-0.3, -0.25) is 9.69 Å². The van der Waals surface area contributed by atoms with Gasteiger partial charge in [-0.05, 0) is 44.9 Å². The first-order valence-corrected chi connectivity index (χ1v) is 15.9. The number of nitrogens with one attached hydrogen (secondary N) is 1. The lowest BCUT2D eigenvalue weighted by atomic mass is 10.2. The molecule has 0 unspecified atom stereocenters. The van der Waals surface area contributed by atoms with Crippen molar-refractivity contribution in [1.82, 2.24) is 4.90 Å². The molecule has 0 aliphatic heterocycles. The topological polar surface area (TPSA) is 159 Å². The highest BCUT2D eigenvalue weighted by molar-refractivity contribution is 5.94. The molecular formula is C33H56N3O11. The molecule has 1 radical (unpaired) electrons. The summed E-state index contributed by atoms with van der Waals surface area (Å²) >= 11 is 0. The quantitative estimate of drug-likeness (QED) is 0.0702. The van der Waals surface area contributed by atoms with Crippen molar-refractivity contribution in [3.8, 4) is 0 Å². The SMILES string of the molecule is [CH2]C/C=C(\C)COCN(CCOCCOCCOCCOCCOCCOCCOC)C(=O)OCc1ccc(NC(=O)[C@H](C)N)cc1. The van der Waals surface area contributed by atoms with Crippen molar-refractivity contribution in [2.45, 2.75) is 32.9 Å². The molecule has 0 saturated heterocycles. The second-order valence-electron chi connectivity index (χ2n) is 10.3. The number of allylic oxidation sites excluding steroid dienone is 1. The van der Waals surface area contributed by atoms with Gasteiger partial charge in [0.15, 0.2) is 0 Å². The predicted octanol–water partition coefficient (Wildman–Crippen LogP) is 2.80. The summed E-state index contributed by atoms with van der Waals surface area (Å²) in [5.74, 6) is -0.282. The van der Waals surface area contributed by atoms with E-state index in [1.54, 1.807) is 38.3 Å². The molecule has 1 aromatic carbocycles. The van der Waals surface area contributed by atoms with Gasteiger partial charge in [0.1, 0.15) is 13.3 Å². The van der Waals surface area contributed by atoms with E-state index in [-0.39, 0.29) is 32.4 Å². The summed E-state index contributed by atoms with van der Waals surface area (Å²) in [6.07, 6.45) is 2.09. The summed E-state index contributed by atoms with van der Waals surface area (Å²) < 4.78 is 49.0. The van der Waals surface area contributed by atoms with Crippen molar-refractivity contribution in [2.24, 2.45) is 5.73 Å². The van der Waals surface area contributed by atoms with E-state index in [1.807, 2.05) is 13.0 Å². The molecule has 1 rings (SSSR count). The van der Waals surface area contributed by atoms with Crippen LogP contribution in [0.25, 0.3) is 0 Å². The first-order valence-electron chi connectivity index (χ1n) is 15.9. The Labute approximate surface area is 280 Å². The number of rotatable bonds is 30. The van der Waals surface area contributed by atoms with Crippen LogP contribution >= 0.6 is 0 Å². The number of nitrogens with two attached hydrogens (primary N) is 1. The second-order valence-corrected chi connectivity index (χ2v) is 10.3. The van der Waals surface area contributed by atoms with Crippen molar-refractivity contribution in [1.29, 1.82) is 0 Å². The lowest BCUT2D eigenvalue weighted by molar-refractivity contribution is -0.117. The fraction of sp³-hybridized carbons (Fsp3) is 0.667. The first kappa shape index (κ1) is 42.4. The normalized spacial score (nSPS) is 12.2. The average molecular weight is 671 g/mol. The molecule has 2 amide bonds. The van der Waals surface area contributed by atoms with Gasteiger partial charge in [0.2, 0.25) is 5.91 Å². The van der Waals surface area contributed by atoms with Gasteiger partial charge in [0, 0.05) is 19.3 Å². The zero-order chi connectivity index (χ0) is 34.4. The van der Waals surface area contributed by atoms with Gasteiger partial charge >= 0.3 is 6.09 Å². The first-order chi connectivity index (χ1) is 22.9. The van der Waals surface area contributed by atoms with E-state index in [4.69, 9.17) is 48.4 Å². The summed E-state index contributed by atoms with van der Waals surface area (Å²) in [6.45, 7) is 14.1. The Morgan fingerprint density at radius 3 is 1.77 bits per heavy atom. The molecule has 1 aromatic rings. The van der Waals surface area contributed by atoms with Crippen LogP contribution in [0.3, 0.4) is 0 Å². The van der Waals surface area contributed by atoms with Crippen LogP contribution in [-0.4, -0.2) is 136 Å². The van der Waals surface area contributed by atoms with Gasteiger partial charge in [-0.25, -0.2) is 4.79 Å². The molecule has 0 aliphatic rings. The third kappa shape index (κ3) is 24.2. The lowest BCUT2D eigenvalue weighted by Crippen LogP contribution is -2.36. The average Bonchev–Trinajstić information content (AvgIpc) is 3.06. The zero-order valence-corrected chi connectivity index (χ0v) is 28.4. The molecule has 14 heteroatoms. The Morgan fingerprint density at radius 1 is 0.809 bits per heavy atom. The van der Waals surface area contributed by atoms with Crippen LogP contribution in [-0.2, 0) is 54.0 Å². The molecule has 0 bridgehead atoms. The van der Waals surface area contributed by atoms with Crippen molar-refractivity contribution in [2.75, 3.05) is 118 Å². The fourth-order valence-electron chi connectivity index (χ4n) is 3.53. The number of amides is 2. The number of benzene rings is 1. The summed E-state index contributed by atoms with van der Waals surface area (Å²) in [7, 11) is 1.64. The molecular weight excluding hydrogens is 614 g/mol. The van der Waals surface area contributed by atoms with Crippen LogP contribution in [0.15, 0.2) is 35.9 Å². The molecule has 0 aromatic heterocycles. The van der Waals surface area contributed by atoms with Crippen LogP contribution in [0.2, 0.25) is 0 Å². The minimum Gasteiger partial charge on any atom is -0.444 e. The predicted molar refractivity (Wildman–Crippen MR) is 177 cm³/mol. The molecule has 0 heterocycles. The van der Waals surface area contributed by atoms with E-state index in [0.29, 0.717) is 98.0 Å². The second kappa shape index (κ2) is 29.5. The molecule has 3 N–H and O–H groups in total. The van der Waals surface area contributed by atoms with Gasteiger partial charge in [-0.2, -0.15) is 0 Å². The number of ether oxygens (including phenoxy) is 9. The summed E-state index contributed by atoms with van der Waals surface area (Å²) in [4.78, 5) is 26.1. The van der Waals surface area contributed by atoms with Gasteiger partial charge in [-0.15, -0.1) is 0 Å². The Hall–Kier alpha value is -2.66. The Kier molecular flexibility index (Phi) is 26.6. The fourth-order valence-corrected chi connectivity index (χ4v) is 3.53. The summed E-state index contributed by atoms with van der Waals surface area (Å²) in [5.41, 5.74) is 7.98. The number of hydrogen-bond donors (Lipinski definition) is 2. The van der Waals surface area contributed by atoms with Crippen molar-refractivity contribution < 1.29 is 52.2 Å². The van der Waals surface area contributed by atoms with E-state index in [2.05, 4.69) is 12.2 Å². The van der Waals surface area contributed by atoms with Crippen molar-refractivity contribution >= 4 is 17.7 Å².